The second-order valence-corrected chi connectivity index (χ2v) is 11.1. The van der Waals surface area contributed by atoms with Crippen molar-refractivity contribution in [2.45, 2.75) is 29.9 Å². The first-order valence-electron chi connectivity index (χ1n) is 9.20. The van der Waals surface area contributed by atoms with Crippen molar-refractivity contribution in [2.24, 2.45) is 0 Å². The van der Waals surface area contributed by atoms with E-state index < -0.39 is 9.84 Å². The van der Waals surface area contributed by atoms with Gasteiger partial charge in [-0.2, -0.15) is 0 Å². The predicted molar refractivity (Wildman–Crippen MR) is 119 cm³/mol. The minimum atomic E-state index is -3.31. The standard InChI is InChI=1S/C21H21BrN2O2S2/c1-15-5-7-16(8-6-15)20-14-27-21(23-20)24-11-9-18(10-12-24)28(25,26)19-4-2-3-17(22)13-19/h2-8,13-14,18H,9-12H2,1H3. The topological polar surface area (TPSA) is 50.3 Å². The van der Waals surface area contributed by atoms with Crippen LogP contribution in [-0.4, -0.2) is 31.7 Å². The van der Waals surface area contributed by atoms with Crippen LogP contribution in [0.5, 0.6) is 0 Å². The van der Waals surface area contributed by atoms with Crippen molar-refractivity contribution < 1.29 is 8.42 Å². The molecule has 1 saturated heterocycles. The molecule has 0 saturated carbocycles. The van der Waals surface area contributed by atoms with E-state index in [9.17, 15) is 8.42 Å². The summed E-state index contributed by atoms with van der Waals surface area (Å²) in [7, 11) is -3.31. The minimum Gasteiger partial charge on any atom is -0.348 e. The van der Waals surface area contributed by atoms with Crippen LogP contribution >= 0.6 is 27.3 Å². The molecule has 2 heterocycles. The highest BCUT2D eigenvalue weighted by molar-refractivity contribution is 9.10. The number of aromatic nitrogens is 1. The first-order chi connectivity index (χ1) is 13.4. The molecule has 1 fully saturated rings. The number of anilines is 1. The van der Waals surface area contributed by atoms with Crippen molar-refractivity contribution in [3.05, 3.63) is 63.9 Å². The van der Waals surface area contributed by atoms with E-state index in [-0.39, 0.29) is 5.25 Å². The molecule has 0 bridgehead atoms. The quantitative estimate of drug-likeness (QED) is 0.510. The van der Waals surface area contributed by atoms with E-state index in [2.05, 4.69) is 57.4 Å². The van der Waals surface area contributed by atoms with Crippen LogP contribution in [-0.2, 0) is 9.84 Å². The second kappa shape index (κ2) is 7.97. The van der Waals surface area contributed by atoms with E-state index in [0.717, 1.165) is 20.9 Å². The number of rotatable bonds is 4. The molecule has 0 unspecified atom stereocenters. The zero-order valence-electron chi connectivity index (χ0n) is 15.5. The fourth-order valence-corrected chi connectivity index (χ4v) is 6.68. The number of halogens is 1. The fraction of sp³-hybridized carbons (Fsp3) is 0.286. The molecule has 3 aromatic rings. The maximum atomic E-state index is 12.9. The Bertz CT molecular complexity index is 1070. The van der Waals surface area contributed by atoms with E-state index in [4.69, 9.17) is 4.98 Å². The lowest BCUT2D eigenvalue weighted by Crippen LogP contribution is -2.39. The third kappa shape index (κ3) is 4.02. The van der Waals surface area contributed by atoms with Gasteiger partial charge in [0.15, 0.2) is 15.0 Å². The van der Waals surface area contributed by atoms with Crippen molar-refractivity contribution >= 4 is 42.2 Å². The van der Waals surface area contributed by atoms with Crippen LogP contribution in [0.1, 0.15) is 18.4 Å². The highest BCUT2D eigenvalue weighted by Crippen LogP contribution is 2.32. The monoisotopic (exact) mass is 476 g/mol. The molecule has 2 aromatic carbocycles. The van der Waals surface area contributed by atoms with Gasteiger partial charge in [-0.1, -0.05) is 51.8 Å². The van der Waals surface area contributed by atoms with Crippen molar-refractivity contribution in [3.63, 3.8) is 0 Å². The molecular weight excluding hydrogens is 456 g/mol. The molecular formula is C21H21BrN2O2S2. The summed E-state index contributed by atoms with van der Waals surface area (Å²) in [5, 5.41) is 2.70. The number of nitrogens with zero attached hydrogens (tertiary/aromatic N) is 2. The summed E-state index contributed by atoms with van der Waals surface area (Å²) in [5.74, 6) is 0. The van der Waals surface area contributed by atoms with Crippen LogP contribution in [0.2, 0.25) is 0 Å². The molecule has 28 heavy (non-hydrogen) atoms. The lowest BCUT2D eigenvalue weighted by atomic mass is 10.1. The van der Waals surface area contributed by atoms with Gasteiger partial charge >= 0.3 is 0 Å². The molecule has 0 spiro atoms. The summed E-state index contributed by atoms with van der Waals surface area (Å²) in [5.41, 5.74) is 3.32. The Morgan fingerprint density at radius 2 is 1.82 bits per heavy atom. The highest BCUT2D eigenvalue weighted by atomic mass is 79.9. The van der Waals surface area contributed by atoms with Gasteiger partial charge in [0.05, 0.1) is 15.8 Å². The highest BCUT2D eigenvalue weighted by Gasteiger charge is 2.32. The van der Waals surface area contributed by atoms with Gasteiger partial charge in [-0.25, -0.2) is 13.4 Å². The van der Waals surface area contributed by atoms with Crippen LogP contribution in [0.3, 0.4) is 0 Å². The summed E-state index contributed by atoms with van der Waals surface area (Å²) < 4.78 is 26.7. The number of benzene rings is 2. The van der Waals surface area contributed by atoms with E-state index in [1.165, 1.54) is 5.56 Å². The number of thiazole rings is 1. The Morgan fingerprint density at radius 1 is 1.11 bits per heavy atom. The van der Waals surface area contributed by atoms with Crippen molar-refractivity contribution in [2.75, 3.05) is 18.0 Å². The number of hydrogen-bond donors (Lipinski definition) is 0. The molecule has 0 radical (unpaired) electrons. The average Bonchev–Trinajstić information content (AvgIpc) is 3.19. The number of piperidine rings is 1. The fourth-order valence-electron chi connectivity index (χ4n) is 3.46. The summed E-state index contributed by atoms with van der Waals surface area (Å²) in [6, 6.07) is 15.3. The Hall–Kier alpha value is -1.70. The van der Waals surface area contributed by atoms with Crippen LogP contribution in [0.15, 0.2) is 63.3 Å². The largest absolute Gasteiger partial charge is 0.348 e. The molecule has 4 nitrogen and oxygen atoms in total. The maximum Gasteiger partial charge on any atom is 0.185 e. The van der Waals surface area contributed by atoms with Gasteiger partial charge in [0, 0.05) is 28.5 Å². The smallest absolute Gasteiger partial charge is 0.185 e. The molecule has 0 aliphatic carbocycles. The third-order valence-corrected chi connectivity index (χ3v) is 8.77. The van der Waals surface area contributed by atoms with Gasteiger partial charge < -0.3 is 4.90 Å². The molecule has 4 rings (SSSR count). The Balaban J connectivity index is 1.45. The average molecular weight is 477 g/mol. The zero-order valence-corrected chi connectivity index (χ0v) is 18.7. The third-order valence-electron chi connectivity index (χ3n) is 5.12. The Kier molecular flexibility index (Phi) is 5.58. The number of aryl methyl sites for hydroxylation is 1. The lowest BCUT2D eigenvalue weighted by Gasteiger charge is -2.31. The van der Waals surface area contributed by atoms with Crippen LogP contribution in [0, 0.1) is 6.92 Å². The van der Waals surface area contributed by atoms with Crippen molar-refractivity contribution in [1.29, 1.82) is 0 Å². The Labute approximate surface area is 178 Å². The summed E-state index contributed by atoms with van der Waals surface area (Å²) in [4.78, 5) is 7.38. The van der Waals surface area contributed by atoms with Gasteiger partial charge in [0.1, 0.15) is 0 Å². The van der Waals surface area contributed by atoms with Crippen LogP contribution < -0.4 is 4.90 Å². The SMILES string of the molecule is Cc1ccc(-c2csc(N3CCC(S(=O)(=O)c4cccc(Br)c4)CC3)n2)cc1. The summed E-state index contributed by atoms with van der Waals surface area (Å²) >= 11 is 4.99. The van der Waals surface area contributed by atoms with Gasteiger partial charge in [-0.15, -0.1) is 11.3 Å². The Morgan fingerprint density at radius 3 is 2.50 bits per heavy atom. The van der Waals surface area contributed by atoms with E-state index in [1.54, 1.807) is 29.5 Å². The maximum absolute atomic E-state index is 12.9. The molecule has 1 aliphatic rings. The minimum absolute atomic E-state index is 0.338. The van der Waals surface area contributed by atoms with Gasteiger partial charge in [-0.3, -0.25) is 0 Å². The molecule has 0 atom stereocenters. The molecule has 146 valence electrons. The normalized spacial score (nSPS) is 15.7. The first kappa shape index (κ1) is 19.6. The van der Waals surface area contributed by atoms with E-state index in [0.29, 0.717) is 30.8 Å². The summed E-state index contributed by atoms with van der Waals surface area (Å²) in [6.07, 6.45) is 1.24. The van der Waals surface area contributed by atoms with Gasteiger partial charge in [-0.05, 0) is 38.0 Å². The number of sulfone groups is 1. The molecule has 1 aromatic heterocycles. The van der Waals surface area contributed by atoms with E-state index >= 15 is 0 Å². The molecule has 1 aliphatic heterocycles. The molecule has 0 N–H and O–H groups in total. The number of hydrogen-bond acceptors (Lipinski definition) is 5. The predicted octanol–water partition coefficient (Wildman–Crippen LogP) is 5.32. The van der Waals surface area contributed by atoms with Gasteiger partial charge in [0.25, 0.3) is 0 Å². The van der Waals surface area contributed by atoms with Crippen LogP contribution in [0.25, 0.3) is 11.3 Å². The lowest BCUT2D eigenvalue weighted by molar-refractivity contribution is 0.529. The van der Waals surface area contributed by atoms with Crippen LogP contribution in [0.4, 0.5) is 5.13 Å². The van der Waals surface area contributed by atoms with Gasteiger partial charge in [0.2, 0.25) is 0 Å². The zero-order chi connectivity index (χ0) is 19.7. The molecule has 7 heteroatoms. The van der Waals surface area contributed by atoms with Crippen molar-refractivity contribution in [1.82, 2.24) is 4.98 Å². The molecule has 0 amide bonds. The summed E-state index contributed by atoms with van der Waals surface area (Å²) in [6.45, 7) is 3.49. The van der Waals surface area contributed by atoms with Crippen molar-refractivity contribution in [3.8, 4) is 11.3 Å². The second-order valence-electron chi connectivity index (χ2n) is 7.07. The van der Waals surface area contributed by atoms with E-state index in [1.807, 2.05) is 6.07 Å². The first-order valence-corrected chi connectivity index (χ1v) is 12.4.